The minimum absolute atomic E-state index is 1.02. The molecule has 0 aliphatic carbocycles. The smallest absolute Gasteiger partial charge is 0.00954 e. The largest absolute Gasteiger partial charge is 0.316 e. The molecule has 2 rings (SSSR count). The molecule has 2 atom stereocenters. The van der Waals surface area contributed by atoms with Crippen LogP contribution in [0.3, 0.4) is 0 Å². The second kappa shape index (κ2) is 3.14. The van der Waals surface area contributed by atoms with Crippen LogP contribution in [0.5, 0.6) is 0 Å². The lowest BCUT2D eigenvalue weighted by molar-refractivity contribution is 0.413. The Labute approximate surface area is 67.0 Å². The van der Waals surface area contributed by atoms with Crippen LogP contribution in [0.1, 0.15) is 19.3 Å². The Morgan fingerprint density at radius 1 is 1.30 bits per heavy atom. The van der Waals surface area contributed by atoms with Gasteiger partial charge in [0.05, 0.1) is 0 Å². The molecule has 58 valence electrons. The average Bonchev–Trinajstić information content (AvgIpc) is 1.89. The summed E-state index contributed by atoms with van der Waals surface area (Å²) in [4.78, 5) is 0. The standard InChI is InChI=1S/C8H15NS/c1-2-4-9-5-7-6-10-8(7)3-1/h7-9H,1-6H2. The molecule has 2 aliphatic heterocycles. The Bertz CT molecular complexity index is 102. The van der Waals surface area contributed by atoms with E-state index in [0.717, 1.165) is 11.2 Å². The zero-order valence-corrected chi connectivity index (χ0v) is 7.12. The maximum Gasteiger partial charge on any atom is 0.00954 e. The molecule has 0 aromatic rings. The Balaban J connectivity index is 1.83. The van der Waals surface area contributed by atoms with Gasteiger partial charge in [0.15, 0.2) is 0 Å². The van der Waals surface area contributed by atoms with Gasteiger partial charge in [-0.25, -0.2) is 0 Å². The molecule has 0 amide bonds. The van der Waals surface area contributed by atoms with E-state index in [9.17, 15) is 0 Å². The molecule has 2 saturated heterocycles. The van der Waals surface area contributed by atoms with Gasteiger partial charge in [-0.2, -0.15) is 11.8 Å². The van der Waals surface area contributed by atoms with Gasteiger partial charge in [0, 0.05) is 5.25 Å². The molecule has 0 saturated carbocycles. The van der Waals surface area contributed by atoms with Crippen molar-refractivity contribution in [3.05, 3.63) is 0 Å². The van der Waals surface area contributed by atoms with Crippen molar-refractivity contribution in [1.82, 2.24) is 5.32 Å². The molecule has 2 unspecified atom stereocenters. The molecule has 0 aromatic heterocycles. The van der Waals surface area contributed by atoms with E-state index in [2.05, 4.69) is 17.1 Å². The van der Waals surface area contributed by atoms with Crippen molar-refractivity contribution in [3.63, 3.8) is 0 Å². The summed E-state index contributed by atoms with van der Waals surface area (Å²) in [5.74, 6) is 2.43. The third-order valence-electron chi connectivity index (χ3n) is 2.55. The second-order valence-corrected chi connectivity index (χ2v) is 4.60. The topological polar surface area (TPSA) is 12.0 Å². The van der Waals surface area contributed by atoms with Crippen LogP contribution >= 0.6 is 11.8 Å². The van der Waals surface area contributed by atoms with Crippen molar-refractivity contribution >= 4 is 11.8 Å². The molecule has 1 N–H and O–H groups in total. The molecule has 0 spiro atoms. The second-order valence-electron chi connectivity index (χ2n) is 3.33. The highest BCUT2D eigenvalue weighted by Gasteiger charge is 2.31. The van der Waals surface area contributed by atoms with Gasteiger partial charge in [0.2, 0.25) is 0 Å². The van der Waals surface area contributed by atoms with Crippen molar-refractivity contribution in [3.8, 4) is 0 Å². The molecular formula is C8H15NS. The zero-order valence-electron chi connectivity index (χ0n) is 6.31. The number of hydrogen-bond donors (Lipinski definition) is 1. The molecule has 0 aromatic carbocycles. The van der Waals surface area contributed by atoms with Crippen LogP contribution < -0.4 is 5.32 Å². The van der Waals surface area contributed by atoms with Gasteiger partial charge in [0.1, 0.15) is 0 Å². The number of rotatable bonds is 0. The highest BCUT2D eigenvalue weighted by Crippen LogP contribution is 2.37. The predicted octanol–water partition coefficient (Wildman–Crippen LogP) is 1.49. The van der Waals surface area contributed by atoms with Gasteiger partial charge in [-0.15, -0.1) is 0 Å². The molecule has 2 aliphatic rings. The maximum absolute atomic E-state index is 3.51. The van der Waals surface area contributed by atoms with Crippen molar-refractivity contribution < 1.29 is 0 Å². The Kier molecular flexibility index (Phi) is 2.19. The SMILES string of the molecule is C1CCC2SCC2CNC1. The summed E-state index contributed by atoms with van der Waals surface area (Å²) in [5, 5.41) is 4.53. The quantitative estimate of drug-likeness (QED) is 0.572. The van der Waals surface area contributed by atoms with E-state index in [4.69, 9.17) is 0 Å². The van der Waals surface area contributed by atoms with E-state index in [1.165, 1.54) is 38.1 Å². The van der Waals surface area contributed by atoms with Crippen LogP contribution in [0.15, 0.2) is 0 Å². The minimum atomic E-state index is 1.02. The van der Waals surface area contributed by atoms with E-state index < -0.39 is 0 Å². The molecule has 10 heavy (non-hydrogen) atoms. The molecule has 0 radical (unpaired) electrons. The molecule has 2 heterocycles. The average molecular weight is 157 g/mol. The van der Waals surface area contributed by atoms with E-state index in [1.807, 2.05) is 0 Å². The number of thioether (sulfide) groups is 1. The third-order valence-corrected chi connectivity index (χ3v) is 4.22. The van der Waals surface area contributed by atoms with Gasteiger partial charge < -0.3 is 5.32 Å². The number of fused-ring (bicyclic) bond motifs is 1. The molecule has 1 nitrogen and oxygen atoms in total. The van der Waals surface area contributed by atoms with Crippen molar-refractivity contribution in [2.24, 2.45) is 5.92 Å². The Hall–Kier alpha value is 0.310. The first-order chi connectivity index (χ1) is 4.97. The molecule has 2 fully saturated rings. The first kappa shape index (κ1) is 6.99. The van der Waals surface area contributed by atoms with Gasteiger partial charge in [-0.1, -0.05) is 6.42 Å². The Morgan fingerprint density at radius 3 is 3.10 bits per heavy atom. The van der Waals surface area contributed by atoms with Crippen LogP contribution in [-0.2, 0) is 0 Å². The van der Waals surface area contributed by atoms with Crippen molar-refractivity contribution in [1.29, 1.82) is 0 Å². The summed E-state index contributed by atoms with van der Waals surface area (Å²) < 4.78 is 0. The minimum Gasteiger partial charge on any atom is -0.316 e. The van der Waals surface area contributed by atoms with E-state index in [1.54, 1.807) is 0 Å². The van der Waals surface area contributed by atoms with Gasteiger partial charge >= 0.3 is 0 Å². The van der Waals surface area contributed by atoms with Crippen LogP contribution in [0.25, 0.3) is 0 Å². The number of nitrogens with one attached hydrogen (secondary N) is 1. The first-order valence-corrected chi connectivity index (χ1v) is 5.34. The van der Waals surface area contributed by atoms with E-state index >= 15 is 0 Å². The maximum atomic E-state index is 3.51. The normalized spacial score (nSPS) is 40.8. The molecule has 2 heteroatoms. The van der Waals surface area contributed by atoms with Gasteiger partial charge in [-0.05, 0) is 37.6 Å². The summed E-state index contributed by atoms with van der Waals surface area (Å²) in [7, 11) is 0. The fourth-order valence-corrected chi connectivity index (χ4v) is 3.04. The summed E-state index contributed by atoms with van der Waals surface area (Å²) in [6.45, 7) is 2.55. The molecular weight excluding hydrogens is 142 g/mol. The fraction of sp³-hybridized carbons (Fsp3) is 1.00. The summed E-state index contributed by atoms with van der Waals surface area (Å²) in [5.41, 5.74) is 0. The molecule has 0 bridgehead atoms. The highest BCUT2D eigenvalue weighted by atomic mass is 32.2. The number of hydrogen-bond acceptors (Lipinski definition) is 2. The van der Waals surface area contributed by atoms with Crippen LogP contribution in [-0.4, -0.2) is 24.1 Å². The van der Waals surface area contributed by atoms with E-state index in [0.29, 0.717) is 0 Å². The monoisotopic (exact) mass is 157 g/mol. The van der Waals surface area contributed by atoms with Crippen molar-refractivity contribution in [2.75, 3.05) is 18.8 Å². The zero-order chi connectivity index (χ0) is 6.81. The lowest BCUT2D eigenvalue weighted by Crippen LogP contribution is -2.40. The third kappa shape index (κ3) is 1.32. The van der Waals surface area contributed by atoms with Gasteiger partial charge in [-0.3, -0.25) is 0 Å². The summed E-state index contributed by atoms with van der Waals surface area (Å²) >= 11 is 2.17. The Morgan fingerprint density at radius 2 is 2.30 bits per heavy atom. The van der Waals surface area contributed by atoms with Crippen LogP contribution in [0.4, 0.5) is 0 Å². The summed E-state index contributed by atoms with van der Waals surface area (Å²) in [6, 6.07) is 0. The fourth-order valence-electron chi connectivity index (χ4n) is 1.76. The van der Waals surface area contributed by atoms with Crippen LogP contribution in [0.2, 0.25) is 0 Å². The predicted molar refractivity (Wildman–Crippen MR) is 46.5 cm³/mol. The van der Waals surface area contributed by atoms with Crippen molar-refractivity contribution in [2.45, 2.75) is 24.5 Å². The lowest BCUT2D eigenvalue weighted by atomic mass is 9.99. The lowest BCUT2D eigenvalue weighted by Gasteiger charge is -2.37. The van der Waals surface area contributed by atoms with E-state index in [-0.39, 0.29) is 0 Å². The van der Waals surface area contributed by atoms with Crippen LogP contribution in [0, 0.1) is 5.92 Å². The first-order valence-electron chi connectivity index (χ1n) is 4.29. The highest BCUT2D eigenvalue weighted by molar-refractivity contribution is 8.01. The van der Waals surface area contributed by atoms with Gasteiger partial charge in [0.25, 0.3) is 0 Å². The summed E-state index contributed by atoms with van der Waals surface area (Å²) in [6.07, 6.45) is 4.32.